The molecule has 3 aromatic heterocycles. The summed E-state index contributed by atoms with van der Waals surface area (Å²) in [7, 11) is 1.42. The molecule has 0 aromatic carbocycles. The van der Waals surface area contributed by atoms with Gasteiger partial charge in [-0.15, -0.1) is 11.3 Å². The van der Waals surface area contributed by atoms with Gasteiger partial charge in [0.25, 0.3) is 5.91 Å². The highest BCUT2D eigenvalue weighted by Crippen LogP contribution is 2.37. The number of fused-ring (bicyclic) bond motifs is 1. The van der Waals surface area contributed by atoms with E-state index in [0.29, 0.717) is 10.6 Å². The minimum Gasteiger partial charge on any atom is -0.467 e. The summed E-state index contributed by atoms with van der Waals surface area (Å²) in [5.74, 6) is 0.109. The lowest BCUT2D eigenvalue weighted by molar-refractivity contribution is -0.140. The summed E-state index contributed by atoms with van der Waals surface area (Å²) >= 11 is 0.964. The van der Waals surface area contributed by atoms with Crippen molar-refractivity contribution in [3.8, 4) is 0 Å². The topological polar surface area (TPSA) is 60.1 Å². The molecular formula is C13H10F3N3O2S. The van der Waals surface area contributed by atoms with Crippen molar-refractivity contribution in [3.05, 3.63) is 40.8 Å². The van der Waals surface area contributed by atoms with Gasteiger partial charge in [-0.05, 0) is 18.2 Å². The minimum absolute atomic E-state index is 0.0665. The molecule has 0 atom stereocenters. The molecule has 1 amide bonds. The third-order valence-corrected chi connectivity index (χ3v) is 4.21. The second-order valence-electron chi connectivity index (χ2n) is 4.56. The van der Waals surface area contributed by atoms with Crippen molar-refractivity contribution in [2.24, 2.45) is 7.05 Å². The summed E-state index contributed by atoms with van der Waals surface area (Å²) in [6.07, 6.45) is -3.08. The molecule has 5 nitrogen and oxygen atoms in total. The van der Waals surface area contributed by atoms with Crippen LogP contribution < -0.4 is 5.32 Å². The predicted octanol–water partition coefficient (Wildman–Crippen LogP) is 3.18. The van der Waals surface area contributed by atoms with Crippen LogP contribution in [-0.4, -0.2) is 15.7 Å². The van der Waals surface area contributed by atoms with Crippen molar-refractivity contribution < 1.29 is 22.4 Å². The van der Waals surface area contributed by atoms with Crippen LogP contribution in [-0.2, 0) is 19.8 Å². The summed E-state index contributed by atoms with van der Waals surface area (Å²) in [4.78, 5) is 12.5. The molecular weight excluding hydrogens is 319 g/mol. The van der Waals surface area contributed by atoms with Crippen LogP contribution >= 0.6 is 11.3 Å². The maximum absolute atomic E-state index is 12.9. The highest BCUT2D eigenvalue weighted by molar-refractivity contribution is 7.20. The van der Waals surface area contributed by atoms with Crippen LogP contribution in [0.4, 0.5) is 13.2 Å². The number of aryl methyl sites for hydroxylation is 1. The van der Waals surface area contributed by atoms with Gasteiger partial charge in [-0.25, -0.2) is 0 Å². The SMILES string of the molecule is Cn1nc(C(F)(F)F)c2cc(C(=O)NCc3ccco3)sc21. The maximum Gasteiger partial charge on any atom is 0.435 e. The first kappa shape index (κ1) is 14.6. The van der Waals surface area contributed by atoms with Gasteiger partial charge in [-0.1, -0.05) is 0 Å². The smallest absolute Gasteiger partial charge is 0.435 e. The number of thiophene rings is 1. The third kappa shape index (κ3) is 2.59. The Balaban J connectivity index is 1.87. The van der Waals surface area contributed by atoms with Gasteiger partial charge in [0.15, 0.2) is 5.69 Å². The van der Waals surface area contributed by atoms with Gasteiger partial charge < -0.3 is 9.73 Å². The largest absolute Gasteiger partial charge is 0.467 e. The zero-order chi connectivity index (χ0) is 15.9. The summed E-state index contributed by atoms with van der Waals surface area (Å²) in [6, 6.07) is 4.59. The van der Waals surface area contributed by atoms with E-state index in [1.54, 1.807) is 12.1 Å². The highest BCUT2D eigenvalue weighted by Gasteiger charge is 2.37. The molecule has 0 saturated heterocycles. The first-order valence-corrected chi connectivity index (χ1v) is 7.02. The number of halogens is 3. The molecule has 116 valence electrons. The van der Waals surface area contributed by atoms with Crippen LogP contribution in [0, 0.1) is 0 Å². The number of furan rings is 1. The fraction of sp³-hybridized carbons (Fsp3) is 0.231. The molecule has 0 unspecified atom stereocenters. The fourth-order valence-corrected chi connectivity index (χ4v) is 3.02. The van der Waals surface area contributed by atoms with Crippen LogP contribution in [0.3, 0.4) is 0 Å². The molecule has 0 bridgehead atoms. The number of carbonyl (C=O) groups excluding carboxylic acids is 1. The zero-order valence-electron chi connectivity index (χ0n) is 11.3. The molecule has 0 aliphatic heterocycles. The zero-order valence-corrected chi connectivity index (χ0v) is 12.1. The Morgan fingerprint density at radius 3 is 2.91 bits per heavy atom. The van der Waals surface area contributed by atoms with Gasteiger partial charge in [-0.3, -0.25) is 9.48 Å². The molecule has 1 N–H and O–H groups in total. The van der Waals surface area contributed by atoms with E-state index in [1.165, 1.54) is 19.4 Å². The average Bonchev–Trinajstić information content (AvgIpc) is 3.13. The van der Waals surface area contributed by atoms with Crippen molar-refractivity contribution in [1.29, 1.82) is 0 Å². The second kappa shape index (κ2) is 5.16. The van der Waals surface area contributed by atoms with Gasteiger partial charge in [0.1, 0.15) is 10.6 Å². The Hall–Kier alpha value is -2.29. The Morgan fingerprint density at radius 2 is 2.27 bits per heavy atom. The number of rotatable bonds is 3. The molecule has 0 radical (unpaired) electrons. The van der Waals surface area contributed by atoms with E-state index in [-0.39, 0.29) is 16.8 Å². The lowest BCUT2D eigenvalue weighted by Crippen LogP contribution is -2.21. The first-order valence-electron chi connectivity index (χ1n) is 6.20. The molecule has 0 aliphatic rings. The molecule has 0 fully saturated rings. The Bertz CT molecular complexity index is 818. The fourth-order valence-electron chi connectivity index (χ4n) is 2.03. The van der Waals surface area contributed by atoms with Crippen molar-refractivity contribution in [2.75, 3.05) is 0 Å². The molecule has 22 heavy (non-hydrogen) atoms. The quantitative estimate of drug-likeness (QED) is 0.803. The maximum atomic E-state index is 12.9. The molecule has 3 heterocycles. The van der Waals surface area contributed by atoms with E-state index in [9.17, 15) is 18.0 Å². The summed E-state index contributed by atoms with van der Waals surface area (Å²) < 4.78 is 44.9. The number of nitrogens with one attached hydrogen (secondary N) is 1. The Kier molecular flexibility index (Phi) is 3.44. The van der Waals surface area contributed by atoms with E-state index >= 15 is 0 Å². The molecule has 3 aromatic rings. The van der Waals surface area contributed by atoms with Crippen LogP contribution in [0.5, 0.6) is 0 Å². The van der Waals surface area contributed by atoms with E-state index in [4.69, 9.17) is 4.42 Å². The third-order valence-electron chi connectivity index (χ3n) is 3.01. The standard InChI is InChI=1S/C13H10F3N3O2S/c1-19-12-8(10(18-19)13(14,15)16)5-9(22-12)11(20)17-6-7-3-2-4-21-7/h2-5H,6H2,1H3,(H,17,20). The minimum atomic E-state index is -4.55. The lowest BCUT2D eigenvalue weighted by atomic mass is 10.2. The van der Waals surface area contributed by atoms with E-state index in [0.717, 1.165) is 16.0 Å². The number of carbonyl (C=O) groups is 1. The van der Waals surface area contributed by atoms with E-state index < -0.39 is 17.8 Å². The van der Waals surface area contributed by atoms with Crippen LogP contribution in [0.25, 0.3) is 10.2 Å². The van der Waals surface area contributed by atoms with E-state index in [1.807, 2.05) is 0 Å². The van der Waals surface area contributed by atoms with Crippen LogP contribution in [0.15, 0.2) is 28.9 Å². The molecule has 0 aliphatic carbocycles. The van der Waals surface area contributed by atoms with Gasteiger partial charge in [-0.2, -0.15) is 18.3 Å². The number of hydrogen-bond acceptors (Lipinski definition) is 4. The van der Waals surface area contributed by atoms with Crippen LogP contribution in [0.1, 0.15) is 21.1 Å². The number of nitrogens with zero attached hydrogens (tertiary/aromatic N) is 2. The Morgan fingerprint density at radius 1 is 1.50 bits per heavy atom. The first-order chi connectivity index (χ1) is 10.4. The average molecular weight is 329 g/mol. The normalized spacial score (nSPS) is 12.0. The number of hydrogen-bond donors (Lipinski definition) is 1. The predicted molar refractivity (Wildman–Crippen MR) is 73.5 cm³/mol. The van der Waals surface area contributed by atoms with Gasteiger partial charge in [0.05, 0.1) is 17.7 Å². The van der Waals surface area contributed by atoms with Gasteiger partial charge >= 0.3 is 6.18 Å². The van der Waals surface area contributed by atoms with Crippen molar-refractivity contribution >= 4 is 27.5 Å². The molecule has 0 saturated carbocycles. The van der Waals surface area contributed by atoms with Crippen molar-refractivity contribution in [1.82, 2.24) is 15.1 Å². The lowest BCUT2D eigenvalue weighted by Gasteiger charge is -2.02. The monoisotopic (exact) mass is 329 g/mol. The molecule has 0 spiro atoms. The number of alkyl halides is 3. The summed E-state index contributed by atoms with van der Waals surface area (Å²) in [6.45, 7) is 0.171. The van der Waals surface area contributed by atoms with Crippen LogP contribution in [0.2, 0.25) is 0 Å². The van der Waals surface area contributed by atoms with Crippen molar-refractivity contribution in [2.45, 2.75) is 12.7 Å². The summed E-state index contributed by atoms with van der Waals surface area (Å²) in [5, 5.41) is 5.99. The Labute approximate surface area is 126 Å². The van der Waals surface area contributed by atoms with E-state index in [2.05, 4.69) is 10.4 Å². The van der Waals surface area contributed by atoms with Gasteiger partial charge in [0, 0.05) is 12.4 Å². The molecule has 9 heteroatoms. The van der Waals surface area contributed by atoms with Gasteiger partial charge in [0.2, 0.25) is 0 Å². The number of amides is 1. The number of aromatic nitrogens is 2. The summed E-state index contributed by atoms with van der Waals surface area (Å²) in [5.41, 5.74) is -0.980. The highest BCUT2D eigenvalue weighted by atomic mass is 32.1. The van der Waals surface area contributed by atoms with Crippen molar-refractivity contribution in [3.63, 3.8) is 0 Å². The second-order valence-corrected chi connectivity index (χ2v) is 5.59. The molecule has 3 rings (SSSR count).